The molecular formula is C8H7F3O3S. The summed E-state index contributed by atoms with van der Waals surface area (Å²) in [4.78, 5) is 0. The van der Waals surface area contributed by atoms with E-state index in [1.807, 2.05) is 0 Å². The van der Waals surface area contributed by atoms with Gasteiger partial charge in [0.05, 0.1) is 0 Å². The van der Waals surface area contributed by atoms with Crippen molar-refractivity contribution in [3.63, 3.8) is 0 Å². The van der Waals surface area contributed by atoms with Gasteiger partial charge in [-0.1, -0.05) is 30.3 Å². The van der Waals surface area contributed by atoms with Crippen molar-refractivity contribution >= 4 is 10.1 Å². The van der Waals surface area contributed by atoms with Crippen LogP contribution < -0.4 is 0 Å². The minimum absolute atomic E-state index is 0.810. The highest BCUT2D eigenvalue weighted by Crippen LogP contribution is 2.35. The molecule has 0 saturated heterocycles. The van der Waals surface area contributed by atoms with Crippen LogP contribution in [0.2, 0.25) is 0 Å². The summed E-state index contributed by atoms with van der Waals surface area (Å²) in [7, 11) is -5.43. The third kappa shape index (κ3) is 2.48. The molecule has 0 heterocycles. The van der Waals surface area contributed by atoms with E-state index in [4.69, 9.17) is 4.55 Å². The molecule has 0 bridgehead atoms. The van der Waals surface area contributed by atoms with Crippen LogP contribution in [0, 0.1) is 0 Å². The molecular weight excluding hydrogens is 233 g/mol. The van der Waals surface area contributed by atoms with Crippen LogP contribution in [0.3, 0.4) is 0 Å². The fourth-order valence-electron chi connectivity index (χ4n) is 0.978. The van der Waals surface area contributed by atoms with E-state index in [2.05, 4.69) is 0 Å². The molecule has 0 aliphatic heterocycles. The maximum absolute atomic E-state index is 13.1. The Balaban J connectivity index is 3.14. The van der Waals surface area contributed by atoms with Gasteiger partial charge in [-0.05, 0) is 0 Å². The van der Waals surface area contributed by atoms with Crippen LogP contribution in [0.1, 0.15) is 5.56 Å². The zero-order chi connectivity index (χ0) is 11.7. The quantitative estimate of drug-likeness (QED) is 0.822. The Morgan fingerprint density at radius 1 is 1.20 bits per heavy atom. The van der Waals surface area contributed by atoms with Crippen LogP contribution >= 0.6 is 0 Å². The van der Waals surface area contributed by atoms with Gasteiger partial charge in [0.15, 0.2) is 0 Å². The molecule has 3 nitrogen and oxygen atoms in total. The van der Waals surface area contributed by atoms with Crippen molar-refractivity contribution in [1.29, 1.82) is 0 Å². The van der Waals surface area contributed by atoms with E-state index in [0.717, 1.165) is 12.1 Å². The van der Waals surface area contributed by atoms with Gasteiger partial charge in [-0.3, -0.25) is 4.55 Å². The zero-order valence-corrected chi connectivity index (χ0v) is 8.09. The normalized spacial score (nSPS) is 14.9. The smallest absolute Gasteiger partial charge is 0.283 e. The molecule has 15 heavy (non-hydrogen) atoms. The molecule has 1 N–H and O–H groups in total. The number of rotatable bonds is 3. The van der Waals surface area contributed by atoms with Crippen molar-refractivity contribution in [3.05, 3.63) is 35.9 Å². The van der Waals surface area contributed by atoms with Gasteiger partial charge < -0.3 is 0 Å². The lowest BCUT2D eigenvalue weighted by Gasteiger charge is -2.18. The molecule has 0 fully saturated rings. The number of hydrogen-bond acceptors (Lipinski definition) is 2. The Morgan fingerprint density at radius 2 is 1.67 bits per heavy atom. The van der Waals surface area contributed by atoms with E-state index in [0.29, 0.717) is 0 Å². The predicted octanol–water partition coefficient (Wildman–Crippen LogP) is 1.96. The van der Waals surface area contributed by atoms with Gasteiger partial charge in [0, 0.05) is 5.56 Å². The second-order valence-corrected chi connectivity index (χ2v) is 4.26. The molecule has 0 aromatic heterocycles. The molecule has 1 unspecified atom stereocenters. The first-order chi connectivity index (χ1) is 6.76. The lowest BCUT2D eigenvalue weighted by Crippen LogP contribution is -2.33. The van der Waals surface area contributed by atoms with Crippen LogP contribution in [0.4, 0.5) is 13.2 Å². The van der Waals surface area contributed by atoms with Crippen molar-refractivity contribution in [2.45, 2.75) is 11.4 Å². The number of benzene rings is 1. The average Bonchev–Trinajstić information content (AvgIpc) is 2.16. The SMILES string of the molecule is O=S(=O)(O)C(F)C(F)(F)c1ccccc1. The standard InChI is InChI=1S/C8H7F3O3S/c9-7(15(12,13)14)8(10,11)6-4-2-1-3-5-6/h1-5,7H,(H,12,13,14). The van der Waals surface area contributed by atoms with Crippen LogP contribution in [0.15, 0.2) is 30.3 Å². The second-order valence-electron chi connectivity index (χ2n) is 2.82. The first kappa shape index (κ1) is 12.0. The van der Waals surface area contributed by atoms with Gasteiger partial charge in [0.2, 0.25) is 0 Å². The van der Waals surface area contributed by atoms with Crippen LogP contribution in [-0.2, 0) is 16.0 Å². The molecule has 0 radical (unpaired) electrons. The fraction of sp³-hybridized carbons (Fsp3) is 0.250. The summed E-state index contributed by atoms with van der Waals surface area (Å²) in [6.07, 6.45) is 0. The molecule has 0 saturated carbocycles. The number of alkyl halides is 3. The Hall–Kier alpha value is -1.08. The molecule has 7 heteroatoms. The third-order valence-electron chi connectivity index (χ3n) is 1.71. The van der Waals surface area contributed by atoms with Crippen molar-refractivity contribution in [2.75, 3.05) is 0 Å². The van der Waals surface area contributed by atoms with Gasteiger partial charge in [-0.25, -0.2) is 4.39 Å². The summed E-state index contributed by atoms with van der Waals surface area (Å²) in [5, 5.41) is 0. The molecule has 1 atom stereocenters. The van der Waals surface area contributed by atoms with E-state index >= 15 is 0 Å². The first-order valence-corrected chi connectivity index (χ1v) is 5.30. The first-order valence-electron chi connectivity index (χ1n) is 3.80. The van der Waals surface area contributed by atoms with Gasteiger partial charge in [-0.2, -0.15) is 17.2 Å². The van der Waals surface area contributed by atoms with E-state index in [9.17, 15) is 21.6 Å². The molecule has 1 rings (SSSR count). The van der Waals surface area contributed by atoms with Crippen molar-refractivity contribution in [1.82, 2.24) is 0 Å². The van der Waals surface area contributed by atoms with Gasteiger partial charge >= 0.3 is 16.0 Å². The Labute approximate surface area is 84.3 Å². The Kier molecular flexibility index (Phi) is 3.05. The minimum Gasteiger partial charge on any atom is -0.283 e. The van der Waals surface area contributed by atoms with Crippen molar-refractivity contribution in [2.24, 2.45) is 0 Å². The van der Waals surface area contributed by atoms with E-state index < -0.39 is 27.1 Å². The van der Waals surface area contributed by atoms with E-state index in [1.54, 1.807) is 0 Å². The van der Waals surface area contributed by atoms with Crippen LogP contribution in [-0.4, -0.2) is 18.5 Å². The highest BCUT2D eigenvalue weighted by atomic mass is 32.2. The van der Waals surface area contributed by atoms with E-state index in [1.165, 1.54) is 18.2 Å². The zero-order valence-electron chi connectivity index (χ0n) is 7.27. The topological polar surface area (TPSA) is 54.4 Å². The summed E-state index contributed by atoms with van der Waals surface area (Å²) >= 11 is 0. The van der Waals surface area contributed by atoms with Gasteiger partial charge in [0.25, 0.3) is 5.50 Å². The minimum atomic E-state index is -5.43. The molecule has 1 aromatic rings. The third-order valence-corrected chi connectivity index (χ3v) is 2.52. The lowest BCUT2D eigenvalue weighted by atomic mass is 10.1. The fourth-order valence-corrected chi connectivity index (χ4v) is 1.49. The summed E-state index contributed by atoms with van der Waals surface area (Å²) in [5.74, 6) is -4.27. The number of hydrogen-bond donors (Lipinski definition) is 1. The lowest BCUT2D eigenvalue weighted by molar-refractivity contribution is -0.0490. The van der Waals surface area contributed by atoms with E-state index in [-0.39, 0.29) is 0 Å². The molecule has 1 aromatic carbocycles. The highest BCUT2D eigenvalue weighted by Gasteiger charge is 2.49. The van der Waals surface area contributed by atoms with Gasteiger partial charge in [0.1, 0.15) is 0 Å². The van der Waals surface area contributed by atoms with Crippen molar-refractivity contribution < 1.29 is 26.1 Å². The summed E-state index contributed by atoms with van der Waals surface area (Å²) in [5.41, 5.74) is -4.47. The molecule has 84 valence electrons. The van der Waals surface area contributed by atoms with Crippen LogP contribution in [0.5, 0.6) is 0 Å². The number of halogens is 3. The largest absolute Gasteiger partial charge is 0.320 e. The molecule has 0 spiro atoms. The monoisotopic (exact) mass is 240 g/mol. The predicted molar refractivity (Wildman–Crippen MR) is 46.8 cm³/mol. The molecule has 0 amide bonds. The Bertz CT molecular complexity index is 430. The summed E-state index contributed by atoms with van der Waals surface area (Å²) in [6, 6.07) is 5.58. The second kappa shape index (κ2) is 3.82. The summed E-state index contributed by atoms with van der Waals surface area (Å²) in [6.45, 7) is 0. The molecule has 0 aliphatic rings. The average molecular weight is 240 g/mol. The van der Waals surface area contributed by atoms with Crippen molar-refractivity contribution in [3.8, 4) is 0 Å². The Morgan fingerprint density at radius 3 is 2.07 bits per heavy atom. The molecule has 0 aliphatic carbocycles. The van der Waals surface area contributed by atoms with Gasteiger partial charge in [-0.15, -0.1) is 0 Å². The van der Waals surface area contributed by atoms with Crippen LogP contribution in [0.25, 0.3) is 0 Å². The highest BCUT2D eigenvalue weighted by molar-refractivity contribution is 7.86. The maximum atomic E-state index is 13.1. The summed E-state index contributed by atoms with van der Waals surface area (Å²) < 4.78 is 67.8. The maximum Gasteiger partial charge on any atom is 0.320 e.